The van der Waals surface area contributed by atoms with E-state index in [1.165, 1.54) is 13.3 Å². The molecule has 0 aliphatic carbocycles. The predicted molar refractivity (Wildman–Crippen MR) is 61.6 cm³/mol. The molecule has 0 aliphatic rings. The molecule has 0 fully saturated rings. The molecule has 6 heteroatoms. The molecule has 2 rings (SSSR count). The minimum Gasteiger partial charge on any atom is -0.274 e. The van der Waals surface area contributed by atoms with E-state index >= 15 is 0 Å². The maximum absolute atomic E-state index is 12.0. The van der Waals surface area contributed by atoms with Crippen LogP contribution in [-0.4, -0.2) is 39.7 Å². The van der Waals surface area contributed by atoms with E-state index in [1.807, 2.05) is 19.9 Å². The molecule has 2 aromatic rings. The summed E-state index contributed by atoms with van der Waals surface area (Å²) in [5.41, 5.74) is 2.77. The molecule has 17 heavy (non-hydrogen) atoms. The summed E-state index contributed by atoms with van der Waals surface area (Å²) in [5.74, 6) is -0.264. The third-order valence-electron chi connectivity index (χ3n) is 2.57. The number of aryl methyl sites for hydroxylation is 2. The molecule has 0 aromatic carbocycles. The van der Waals surface area contributed by atoms with E-state index in [0.29, 0.717) is 11.2 Å². The summed E-state index contributed by atoms with van der Waals surface area (Å²) in [5, 5.41) is 5.30. The van der Waals surface area contributed by atoms with Crippen molar-refractivity contribution >= 4 is 11.6 Å². The molecule has 0 bridgehead atoms. The lowest BCUT2D eigenvalue weighted by molar-refractivity contribution is -0.0755. The van der Waals surface area contributed by atoms with E-state index < -0.39 is 0 Å². The zero-order valence-corrected chi connectivity index (χ0v) is 10.3. The average molecular weight is 234 g/mol. The molecule has 1 amide bonds. The number of hydroxylamine groups is 2. The van der Waals surface area contributed by atoms with Crippen LogP contribution in [-0.2, 0) is 4.84 Å². The second-order valence-corrected chi connectivity index (χ2v) is 3.82. The second-order valence-electron chi connectivity index (χ2n) is 3.82. The minimum absolute atomic E-state index is 0.264. The van der Waals surface area contributed by atoms with E-state index in [0.717, 1.165) is 16.5 Å². The summed E-state index contributed by atoms with van der Waals surface area (Å²) >= 11 is 0. The zero-order chi connectivity index (χ0) is 12.6. The van der Waals surface area contributed by atoms with Crippen LogP contribution >= 0.6 is 0 Å². The normalized spacial score (nSPS) is 10.8. The molecule has 0 saturated carbocycles. The van der Waals surface area contributed by atoms with Crippen LogP contribution in [0.5, 0.6) is 0 Å². The highest BCUT2D eigenvalue weighted by Crippen LogP contribution is 2.13. The molecule has 2 aromatic heterocycles. The van der Waals surface area contributed by atoms with Gasteiger partial charge in [0, 0.05) is 18.4 Å². The maximum atomic E-state index is 12.0. The predicted octanol–water partition coefficient (Wildman–Crippen LogP) is 0.980. The maximum Gasteiger partial charge on any atom is 0.282 e. The van der Waals surface area contributed by atoms with Crippen molar-refractivity contribution < 1.29 is 9.63 Å². The molecule has 0 saturated heterocycles. The van der Waals surface area contributed by atoms with Crippen molar-refractivity contribution in [2.45, 2.75) is 13.8 Å². The van der Waals surface area contributed by atoms with Gasteiger partial charge in [0.25, 0.3) is 5.91 Å². The molecular formula is C11H14N4O2. The highest BCUT2D eigenvalue weighted by atomic mass is 16.7. The first-order valence-corrected chi connectivity index (χ1v) is 5.18. The third-order valence-corrected chi connectivity index (χ3v) is 2.57. The van der Waals surface area contributed by atoms with E-state index in [-0.39, 0.29) is 5.91 Å². The number of rotatable bonds is 2. The number of hydrogen-bond donors (Lipinski definition) is 0. The number of carbonyl (C=O) groups excluding carboxylic acids is 1. The van der Waals surface area contributed by atoms with Crippen molar-refractivity contribution in [3.63, 3.8) is 0 Å². The van der Waals surface area contributed by atoms with Crippen LogP contribution in [0.15, 0.2) is 12.3 Å². The second kappa shape index (κ2) is 4.14. The van der Waals surface area contributed by atoms with Crippen LogP contribution in [0.1, 0.15) is 21.7 Å². The lowest BCUT2D eigenvalue weighted by atomic mass is 10.3. The van der Waals surface area contributed by atoms with Gasteiger partial charge in [-0.15, -0.1) is 0 Å². The van der Waals surface area contributed by atoms with Gasteiger partial charge in [-0.25, -0.2) is 14.6 Å². The highest BCUT2D eigenvalue weighted by molar-refractivity contribution is 5.98. The number of carbonyl (C=O) groups is 1. The smallest absolute Gasteiger partial charge is 0.274 e. The van der Waals surface area contributed by atoms with Gasteiger partial charge in [0.1, 0.15) is 5.56 Å². The molecule has 0 N–H and O–H groups in total. The van der Waals surface area contributed by atoms with Crippen LogP contribution in [0.4, 0.5) is 0 Å². The Morgan fingerprint density at radius 3 is 2.82 bits per heavy atom. The molecular weight excluding hydrogens is 220 g/mol. The summed E-state index contributed by atoms with van der Waals surface area (Å²) in [6.45, 7) is 3.80. The number of aromatic nitrogens is 3. The van der Waals surface area contributed by atoms with Crippen LogP contribution in [0.3, 0.4) is 0 Å². The Labute approximate surface area is 98.8 Å². The zero-order valence-electron chi connectivity index (χ0n) is 10.3. The third kappa shape index (κ3) is 1.87. The average Bonchev–Trinajstić information content (AvgIpc) is 2.70. The molecule has 0 atom stereocenters. The largest absolute Gasteiger partial charge is 0.282 e. The van der Waals surface area contributed by atoms with Gasteiger partial charge in [-0.3, -0.25) is 9.63 Å². The lowest BCUT2D eigenvalue weighted by Gasteiger charge is -2.12. The summed E-state index contributed by atoms with van der Waals surface area (Å²) in [4.78, 5) is 21.2. The first-order chi connectivity index (χ1) is 8.04. The fraction of sp³-hybridized carbons (Fsp3) is 0.364. The first kappa shape index (κ1) is 11.5. The first-order valence-electron chi connectivity index (χ1n) is 5.18. The van der Waals surface area contributed by atoms with E-state index in [4.69, 9.17) is 4.84 Å². The quantitative estimate of drug-likeness (QED) is 0.727. The fourth-order valence-corrected chi connectivity index (χ4v) is 1.67. The Balaban J connectivity index is 2.60. The molecule has 0 unspecified atom stereocenters. The van der Waals surface area contributed by atoms with E-state index in [2.05, 4.69) is 10.1 Å². The van der Waals surface area contributed by atoms with Crippen LogP contribution < -0.4 is 0 Å². The minimum atomic E-state index is -0.264. The summed E-state index contributed by atoms with van der Waals surface area (Å²) < 4.78 is 1.64. The van der Waals surface area contributed by atoms with Gasteiger partial charge in [-0.2, -0.15) is 5.10 Å². The van der Waals surface area contributed by atoms with Gasteiger partial charge in [-0.1, -0.05) is 0 Å². The lowest BCUT2D eigenvalue weighted by Crippen LogP contribution is -2.25. The summed E-state index contributed by atoms with van der Waals surface area (Å²) in [7, 11) is 2.99. The van der Waals surface area contributed by atoms with Crippen molar-refractivity contribution in [3.05, 3.63) is 29.2 Å². The van der Waals surface area contributed by atoms with Crippen LogP contribution in [0, 0.1) is 13.8 Å². The van der Waals surface area contributed by atoms with Crippen molar-refractivity contribution in [1.82, 2.24) is 19.7 Å². The van der Waals surface area contributed by atoms with Crippen LogP contribution in [0.2, 0.25) is 0 Å². The molecule has 0 radical (unpaired) electrons. The fourth-order valence-electron chi connectivity index (χ4n) is 1.67. The standard InChI is InChI=1S/C11H14N4O2/c1-7-5-8(2)15-10(13-7)9(6-12-15)11(16)14(3)17-4/h5-6H,1-4H3. The Hall–Kier alpha value is -1.95. The van der Waals surface area contributed by atoms with Crippen molar-refractivity contribution in [2.75, 3.05) is 14.2 Å². The van der Waals surface area contributed by atoms with Gasteiger partial charge in [0.05, 0.1) is 13.3 Å². The molecule has 0 aliphatic heterocycles. The van der Waals surface area contributed by atoms with Crippen molar-refractivity contribution in [1.29, 1.82) is 0 Å². The Bertz CT molecular complexity index is 576. The van der Waals surface area contributed by atoms with Gasteiger partial charge in [-0.05, 0) is 19.9 Å². The highest BCUT2D eigenvalue weighted by Gasteiger charge is 2.18. The molecule has 0 spiro atoms. The monoisotopic (exact) mass is 234 g/mol. The van der Waals surface area contributed by atoms with Gasteiger partial charge >= 0.3 is 0 Å². The number of hydrogen-bond acceptors (Lipinski definition) is 4. The van der Waals surface area contributed by atoms with Gasteiger partial charge < -0.3 is 0 Å². The Kier molecular flexibility index (Phi) is 2.81. The SMILES string of the molecule is CON(C)C(=O)c1cnn2c(C)cc(C)nc12. The van der Waals surface area contributed by atoms with Crippen LogP contribution in [0.25, 0.3) is 5.65 Å². The van der Waals surface area contributed by atoms with E-state index in [9.17, 15) is 4.79 Å². The molecule has 6 nitrogen and oxygen atoms in total. The van der Waals surface area contributed by atoms with Crippen molar-refractivity contribution in [2.24, 2.45) is 0 Å². The topological polar surface area (TPSA) is 59.7 Å². The number of fused-ring (bicyclic) bond motifs is 1. The Morgan fingerprint density at radius 1 is 1.47 bits per heavy atom. The summed E-state index contributed by atoms with van der Waals surface area (Å²) in [6.07, 6.45) is 1.51. The Morgan fingerprint density at radius 2 is 2.18 bits per heavy atom. The van der Waals surface area contributed by atoms with E-state index in [1.54, 1.807) is 11.6 Å². The molecule has 2 heterocycles. The van der Waals surface area contributed by atoms with Gasteiger partial charge in [0.2, 0.25) is 0 Å². The molecule has 90 valence electrons. The summed E-state index contributed by atoms with van der Waals surface area (Å²) in [6, 6.07) is 1.91. The van der Waals surface area contributed by atoms with Gasteiger partial charge in [0.15, 0.2) is 5.65 Å². The number of nitrogens with zero attached hydrogens (tertiary/aromatic N) is 4. The number of amides is 1. The van der Waals surface area contributed by atoms with Crippen molar-refractivity contribution in [3.8, 4) is 0 Å².